The van der Waals surface area contributed by atoms with Crippen LogP contribution >= 0.6 is 0 Å². The average Bonchev–Trinajstić information content (AvgIpc) is 2.63. The van der Waals surface area contributed by atoms with E-state index in [0.717, 1.165) is 18.5 Å². The lowest BCUT2D eigenvalue weighted by atomic mass is 9.55. The number of nitrogens with one attached hydrogen (secondary N) is 1. The standard InChI is InChI=1S/C22H27N/c1-3-7-18(8-4-1)17-23-21-13-16-22(21)14-11-20(12-15-22)19-9-5-2-6-10-19/h1-10,20-21,23H,11-17H2. The second kappa shape index (κ2) is 6.49. The van der Waals surface area contributed by atoms with Gasteiger partial charge in [0.1, 0.15) is 0 Å². The molecule has 2 aliphatic carbocycles. The summed E-state index contributed by atoms with van der Waals surface area (Å²) in [5, 5.41) is 3.85. The highest BCUT2D eigenvalue weighted by molar-refractivity contribution is 5.21. The molecule has 1 unspecified atom stereocenters. The van der Waals surface area contributed by atoms with Gasteiger partial charge >= 0.3 is 0 Å². The van der Waals surface area contributed by atoms with Crippen molar-refractivity contribution in [2.45, 2.75) is 57.0 Å². The zero-order valence-corrected chi connectivity index (χ0v) is 13.9. The smallest absolute Gasteiger partial charge is 0.0208 e. The van der Waals surface area contributed by atoms with E-state index in [9.17, 15) is 0 Å². The molecule has 2 fully saturated rings. The molecule has 0 aromatic heterocycles. The minimum absolute atomic E-state index is 0.597. The number of hydrogen-bond donors (Lipinski definition) is 1. The highest BCUT2D eigenvalue weighted by Crippen LogP contribution is 2.54. The predicted octanol–water partition coefficient (Wildman–Crippen LogP) is 5.28. The van der Waals surface area contributed by atoms with Crippen molar-refractivity contribution in [1.29, 1.82) is 0 Å². The van der Waals surface area contributed by atoms with Crippen LogP contribution in [0.5, 0.6) is 0 Å². The van der Waals surface area contributed by atoms with Crippen LogP contribution < -0.4 is 5.32 Å². The van der Waals surface area contributed by atoms with Crippen LogP contribution in [0, 0.1) is 5.41 Å². The molecule has 0 aliphatic heterocycles. The summed E-state index contributed by atoms with van der Waals surface area (Å²) in [4.78, 5) is 0. The highest BCUT2D eigenvalue weighted by atomic mass is 15.0. The third kappa shape index (κ3) is 3.07. The monoisotopic (exact) mass is 305 g/mol. The molecule has 0 heterocycles. The lowest BCUT2D eigenvalue weighted by Crippen LogP contribution is -2.54. The molecule has 2 aromatic rings. The molecule has 2 saturated carbocycles. The molecule has 0 bridgehead atoms. The molecule has 23 heavy (non-hydrogen) atoms. The van der Waals surface area contributed by atoms with Gasteiger partial charge in [0.05, 0.1) is 0 Å². The first-order chi connectivity index (χ1) is 11.4. The molecule has 120 valence electrons. The molecule has 4 rings (SSSR count). The maximum atomic E-state index is 3.85. The van der Waals surface area contributed by atoms with Gasteiger partial charge in [-0.25, -0.2) is 0 Å². The third-order valence-corrected chi connectivity index (χ3v) is 6.32. The Kier molecular flexibility index (Phi) is 4.22. The maximum absolute atomic E-state index is 3.85. The van der Waals surface area contributed by atoms with Crippen molar-refractivity contribution in [2.75, 3.05) is 0 Å². The van der Waals surface area contributed by atoms with Crippen LogP contribution in [0.3, 0.4) is 0 Å². The van der Waals surface area contributed by atoms with E-state index >= 15 is 0 Å². The normalized spacial score (nSPS) is 30.1. The fourth-order valence-corrected chi connectivity index (χ4v) is 4.70. The lowest BCUT2D eigenvalue weighted by Gasteiger charge is -2.54. The van der Waals surface area contributed by atoms with E-state index in [-0.39, 0.29) is 0 Å². The predicted molar refractivity (Wildman–Crippen MR) is 96.4 cm³/mol. The van der Waals surface area contributed by atoms with Gasteiger partial charge in [-0.15, -0.1) is 0 Å². The summed E-state index contributed by atoms with van der Waals surface area (Å²) >= 11 is 0. The van der Waals surface area contributed by atoms with E-state index in [0.29, 0.717) is 5.41 Å². The van der Waals surface area contributed by atoms with Crippen molar-refractivity contribution in [1.82, 2.24) is 5.32 Å². The quantitative estimate of drug-likeness (QED) is 0.810. The number of hydrogen-bond acceptors (Lipinski definition) is 1. The van der Waals surface area contributed by atoms with Gasteiger partial charge in [-0.1, -0.05) is 60.7 Å². The summed E-state index contributed by atoms with van der Waals surface area (Å²) in [7, 11) is 0. The molecule has 0 radical (unpaired) electrons. The molecule has 1 nitrogen and oxygen atoms in total. The van der Waals surface area contributed by atoms with Gasteiger partial charge in [-0.3, -0.25) is 0 Å². The molecule has 1 spiro atoms. The van der Waals surface area contributed by atoms with E-state index in [2.05, 4.69) is 66.0 Å². The largest absolute Gasteiger partial charge is 0.309 e. The van der Waals surface area contributed by atoms with Crippen LogP contribution in [0.15, 0.2) is 60.7 Å². The Bertz CT molecular complexity index is 611. The van der Waals surface area contributed by atoms with Crippen molar-refractivity contribution in [2.24, 2.45) is 5.41 Å². The van der Waals surface area contributed by atoms with Gasteiger partial charge in [0.15, 0.2) is 0 Å². The fourth-order valence-electron chi connectivity index (χ4n) is 4.70. The minimum atomic E-state index is 0.597. The number of benzene rings is 2. The van der Waals surface area contributed by atoms with Crippen LogP contribution in [0.25, 0.3) is 0 Å². The third-order valence-electron chi connectivity index (χ3n) is 6.32. The molecule has 0 amide bonds. The van der Waals surface area contributed by atoms with Crippen molar-refractivity contribution < 1.29 is 0 Å². The van der Waals surface area contributed by atoms with Gasteiger partial charge in [-0.2, -0.15) is 0 Å². The SMILES string of the molecule is c1ccc(CNC2CCC23CCC(c2ccccc2)CC3)cc1. The van der Waals surface area contributed by atoms with Gasteiger partial charge < -0.3 is 5.32 Å². The number of rotatable bonds is 4. The van der Waals surface area contributed by atoms with E-state index in [4.69, 9.17) is 0 Å². The molecule has 2 aliphatic rings. The van der Waals surface area contributed by atoms with Gasteiger partial charge in [0.25, 0.3) is 0 Å². The zero-order valence-electron chi connectivity index (χ0n) is 13.9. The second-order valence-corrected chi connectivity index (χ2v) is 7.51. The summed E-state index contributed by atoms with van der Waals surface area (Å²) in [5.41, 5.74) is 3.56. The van der Waals surface area contributed by atoms with Crippen molar-refractivity contribution >= 4 is 0 Å². The Hall–Kier alpha value is -1.60. The topological polar surface area (TPSA) is 12.0 Å². The Labute approximate surface area is 140 Å². The van der Waals surface area contributed by atoms with Crippen LogP contribution in [0.2, 0.25) is 0 Å². The first kappa shape index (κ1) is 15.0. The molecule has 0 saturated heterocycles. The lowest BCUT2D eigenvalue weighted by molar-refractivity contribution is 0.0164. The minimum Gasteiger partial charge on any atom is -0.309 e. The molecule has 2 aromatic carbocycles. The van der Waals surface area contributed by atoms with Gasteiger partial charge in [-0.05, 0) is 61.0 Å². The summed E-state index contributed by atoms with van der Waals surface area (Å²) < 4.78 is 0. The molecule has 1 N–H and O–H groups in total. The zero-order chi connectivity index (χ0) is 15.5. The van der Waals surface area contributed by atoms with Crippen molar-refractivity contribution in [3.8, 4) is 0 Å². The van der Waals surface area contributed by atoms with Crippen molar-refractivity contribution in [3.63, 3.8) is 0 Å². The Balaban J connectivity index is 1.33. The van der Waals surface area contributed by atoms with E-state index in [1.165, 1.54) is 44.1 Å². The summed E-state index contributed by atoms with van der Waals surface area (Å²) in [6.07, 6.45) is 8.34. The second-order valence-electron chi connectivity index (χ2n) is 7.51. The van der Waals surface area contributed by atoms with Crippen LogP contribution in [-0.2, 0) is 6.54 Å². The van der Waals surface area contributed by atoms with Gasteiger partial charge in [0, 0.05) is 12.6 Å². The Morgan fingerprint density at radius 1 is 0.783 bits per heavy atom. The fraction of sp³-hybridized carbons (Fsp3) is 0.455. The van der Waals surface area contributed by atoms with Crippen LogP contribution in [0.4, 0.5) is 0 Å². The Morgan fingerprint density at radius 3 is 2.00 bits per heavy atom. The van der Waals surface area contributed by atoms with Gasteiger partial charge in [0.2, 0.25) is 0 Å². The highest BCUT2D eigenvalue weighted by Gasteiger charge is 2.47. The van der Waals surface area contributed by atoms with E-state index in [1.807, 2.05) is 0 Å². The molecule has 1 atom stereocenters. The van der Waals surface area contributed by atoms with Crippen LogP contribution in [-0.4, -0.2) is 6.04 Å². The summed E-state index contributed by atoms with van der Waals surface area (Å²) in [5.74, 6) is 0.789. The first-order valence-corrected chi connectivity index (χ1v) is 9.18. The maximum Gasteiger partial charge on any atom is 0.0208 e. The van der Waals surface area contributed by atoms with E-state index < -0.39 is 0 Å². The van der Waals surface area contributed by atoms with Crippen LogP contribution in [0.1, 0.15) is 55.6 Å². The van der Waals surface area contributed by atoms with Crippen molar-refractivity contribution in [3.05, 3.63) is 71.8 Å². The first-order valence-electron chi connectivity index (χ1n) is 9.18. The average molecular weight is 305 g/mol. The Morgan fingerprint density at radius 2 is 1.39 bits per heavy atom. The summed E-state index contributed by atoms with van der Waals surface area (Å²) in [6, 6.07) is 22.7. The molecule has 1 heteroatoms. The molecular weight excluding hydrogens is 278 g/mol. The summed E-state index contributed by atoms with van der Waals surface area (Å²) in [6.45, 7) is 1.02. The van der Waals surface area contributed by atoms with E-state index in [1.54, 1.807) is 5.56 Å². The molecular formula is C22H27N.